The predicted octanol–water partition coefficient (Wildman–Crippen LogP) is 3.22. The molecule has 0 bridgehead atoms. The van der Waals surface area contributed by atoms with Gasteiger partial charge >= 0.3 is 6.03 Å². The number of hydrogen-bond donors (Lipinski definition) is 1. The molecule has 0 saturated carbocycles. The first-order valence-electron chi connectivity index (χ1n) is 8.84. The normalized spacial score (nSPS) is 22.8. The SMILES string of the molecule is C[C@H](NC(=O)N1CCC([C@@H]2CCCO2)CC1)c1cccc(C#N)c1. The molecule has 1 N–H and O–H groups in total. The summed E-state index contributed by atoms with van der Waals surface area (Å²) < 4.78 is 5.79. The molecule has 24 heavy (non-hydrogen) atoms. The number of hydrogen-bond acceptors (Lipinski definition) is 3. The number of amides is 2. The van der Waals surface area contributed by atoms with E-state index < -0.39 is 0 Å². The number of ether oxygens (including phenoxy) is 1. The zero-order valence-electron chi connectivity index (χ0n) is 14.2. The quantitative estimate of drug-likeness (QED) is 0.927. The summed E-state index contributed by atoms with van der Waals surface area (Å²) >= 11 is 0. The number of nitrogens with one attached hydrogen (secondary N) is 1. The average molecular weight is 327 g/mol. The van der Waals surface area contributed by atoms with E-state index in [0.29, 0.717) is 17.6 Å². The summed E-state index contributed by atoms with van der Waals surface area (Å²) in [5, 5.41) is 12.0. The highest BCUT2D eigenvalue weighted by Gasteiger charge is 2.31. The van der Waals surface area contributed by atoms with Gasteiger partial charge in [-0.1, -0.05) is 12.1 Å². The van der Waals surface area contributed by atoms with Crippen molar-refractivity contribution in [3.8, 4) is 6.07 Å². The molecular weight excluding hydrogens is 302 g/mol. The highest BCUT2D eigenvalue weighted by atomic mass is 16.5. The molecule has 0 radical (unpaired) electrons. The van der Waals surface area contributed by atoms with Gasteiger partial charge in [0.1, 0.15) is 0 Å². The van der Waals surface area contributed by atoms with Crippen LogP contribution < -0.4 is 5.32 Å². The van der Waals surface area contributed by atoms with Crippen molar-refractivity contribution in [1.29, 1.82) is 5.26 Å². The number of benzene rings is 1. The maximum absolute atomic E-state index is 12.5. The molecule has 1 aromatic carbocycles. The molecule has 0 aliphatic carbocycles. The van der Waals surface area contributed by atoms with Crippen molar-refractivity contribution >= 4 is 6.03 Å². The molecule has 2 aliphatic heterocycles. The van der Waals surface area contributed by atoms with E-state index in [-0.39, 0.29) is 12.1 Å². The molecular formula is C19H25N3O2. The van der Waals surface area contributed by atoms with E-state index in [9.17, 15) is 4.79 Å². The molecule has 1 aromatic rings. The van der Waals surface area contributed by atoms with Crippen molar-refractivity contribution in [2.24, 2.45) is 5.92 Å². The summed E-state index contributed by atoms with van der Waals surface area (Å²) in [6.07, 6.45) is 4.79. The van der Waals surface area contributed by atoms with Gasteiger partial charge in [0.05, 0.1) is 23.8 Å². The topological polar surface area (TPSA) is 65.4 Å². The number of nitriles is 1. The summed E-state index contributed by atoms with van der Waals surface area (Å²) in [6.45, 7) is 4.43. The lowest BCUT2D eigenvalue weighted by atomic mass is 9.90. The lowest BCUT2D eigenvalue weighted by Crippen LogP contribution is -2.46. The number of nitrogens with zero attached hydrogens (tertiary/aromatic N) is 2. The Bertz CT molecular complexity index is 611. The minimum Gasteiger partial charge on any atom is -0.378 e. The Balaban J connectivity index is 1.51. The van der Waals surface area contributed by atoms with E-state index in [0.717, 1.165) is 38.1 Å². The molecule has 2 fully saturated rings. The molecule has 5 nitrogen and oxygen atoms in total. The van der Waals surface area contributed by atoms with Crippen LogP contribution in [-0.2, 0) is 4.74 Å². The number of carbonyl (C=O) groups is 1. The Hall–Kier alpha value is -2.06. The van der Waals surface area contributed by atoms with Gasteiger partial charge in [0, 0.05) is 19.7 Å². The molecule has 2 heterocycles. The van der Waals surface area contributed by atoms with Crippen LogP contribution in [0.15, 0.2) is 24.3 Å². The van der Waals surface area contributed by atoms with Crippen LogP contribution in [-0.4, -0.2) is 36.7 Å². The first-order chi connectivity index (χ1) is 11.7. The van der Waals surface area contributed by atoms with Crippen LogP contribution in [0, 0.1) is 17.2 Å². The fourth-order valence-corrected chi connectivity index (χ4v) is 3.69. The first-order valence-corrected chi connectivity index (χ1v) is 8.84. The van der Waals surface area contributed by atoms with Gasteiger partial charge in [-0.25, -0.2) is 4.79 Å². The first kappa shape index (κ1) is 16.8. The molecule has 0 aromatic heterocycles. The van der Waals surface area contributed by atoms with E-state index in [1.165, 1.54) is 12.8 Å². The van der Waals surface area contributed by atoms with Crippen LogP contribution in [0.5, 0.6) is 0 Å². The van der Waals surface area contributed by atoms with Crippen molar-refractivity contribution in [1.82, 2.24) is 10.2 Å². The Kier molecular flexibility index (Phi) is 5.37. The van der Waals surface area contributed by atoms with E-state index in [1.54, 1.807) is 6.07 Å². The summed E-state index contributed by atoms with van der Waals surface area (Å²) in [5.41, 5.74) is 1.57. The summed E-state index contributed by atoms with van der Waals surface area (Å²) in [5.74, 6) is 0.598. The Morgan fingerprint density at radius 2 is 2.17 bits per heavy atom. The molecule has 0 spiro atoms. The largest absolute Gasteiger partial charge is 0.378 e. The lowest BCUT2D eigenvalue weighted by Gasteiger charge is -2.35. The molecule has 128 valence electrons. The second-order valence-electron chi connectivity index (χ2n) is 6.78. The third-order valence-corrected chi connectivity index (χ3v) is 5.17. The number of piperidine rings is 1. The van der Waals surface area contributed by atoms with Crippen LogP contribution in [0.4, 0.5) is 4.79 Å². The van der Waals surface area contributed by atoms with Crippen LogP contribution in [0.1, 0.15) is 49.8 Å². The number of urea groups is 1. The molecule has 2 amide bonds. The highest BCUT2D eigenvalue weighted by Crippen LogP contribution is 2.29. The van der Waals surface area contributed by atoms with Gasteiger partial charge in [0.2, 0.25) is 0 Å². The van der Waals surface area contributed by atoms with Crippen LogP contribution in [0.2, 0.25) is 0 Å². The summed E-state index contributed by atoms with van der Waals surface area (Å²) in [7, 11) is 0. The van der Waals surface area contributed by atoms with Gasteiger partial charge < -0.3 is 15.0 Å². The van der Waals surface area contributed by atoms with E-state index in [4.69, 9.17) is 10.00 Å². The van der Waals surface area contributed by atoms with Crippen molar-refractivity contribution in [3.63, 3.8) is 0 Å². The van der Waals surface area contributed by atoms with Crippen LogP contribution >= 0.6 is 0 Å². The lowest BCUT2D eigenvalue weighted by molar-refractivity contribution is 0.0371. The smallest absolute Gasteiger partial charge is 0.317 e. The molecule has 2 saturated heterocycles. The summed E-state index contributed by atoms with van der Waals surface area (Å²) in [4.78, 5) is 14.4. The van der Waals surface area contributed by atoms with Crippen molar-refractivity contribution in [2.75, 3.05) is 19.7 Å². The van der Waals surface area contributed by atoms with Gasteiger partial charge in [-0.15, -0.1) is 0 Å². The van der Waals surface area contributed by atoms with E-state index in [2.05, 4.69) is 11.4 Å². The maximum atomic E-state index is 12.5. The van der Waals surface area contributed by atoms with Crippen molar-refractivity contribution < 1.29 is 9.53 Å². The molecule has 0 unspecified atom stereocenters. The minimum atomic E-state index is -0.110. The van der Waals surface area contributed by atoms with Crippen LogP contribution in [0.3, 0.4) is 0 Å². The van der Waals surface area contributed by atoms with Gasteiger partial charge in [-0.05, 0) is 56.2 Å². The van der Waals surface area contributed by atoms with Gasteiger partial charge in [0.25, 0.3) is 0 Å². The minimum absolute atomic E-state index is 0.0179. The molecule has 2 aliphatic rings. The second-order valence-corrected chi connectivity index (χ2v) is 6.78. The Morgan fingerprint density at radius 1 is 1.38 bits per heavy atom. The van der Waals surface area contributed by atoms with E-state index in [1.807, 2.05) is 30.0 Å². The summed E-state index contributed by atoms with van der Waals surface area (Å²) in [6, 6.07) is 9.40. The van der Waals surface area contributed by atoms with Crippen molar-refractivity contribution in [2.45, 2.75) is 44.8 Å². The fraction of sp³-hybridized carbons (Fsp3) is 0.579. The maximum Gasteiger partial charge on any atom is 0.317 e. The molecule has 5 heteroatoms. The van der Waals surface area contributed by atoms with Gasteiger partial charge in [0.15, 0.2) is 0 Å². The van der Waals surface area contributed by atoms with E-state index >= 15 is 0 Å². The second kappa shape index (κ2) is 7.67. The van der Waals surface area contributed by atoms with Crippen molar-refractivity contribution in [3.05, 3.63) is 35.4 Å². The number of rotatable bonds is 3. The molecule has 3 rings (SSSR count). The average Bonchev–Trinajstić information content (AvgIpc) is 3.16. The number of likely N-dealkylation sites (tertiary alicyclic amines) is 1. The fourth-order valence-electron chi connectivity index (χ4n) is 3.69. The zero-order chi connectivity index (χ0) is 16.9. The number of carbonyl (C=O) groups excluding carboxylic acids is 1. The molecule has 2 atom stereocenters. The Morgan fingerprint density at radius 3 is 2.83 bits per heavy atom. The monoisotopic (exact) mass is 327 g/mol. The highest BCUT2D eigenvalue weighted by molar-refractivity contribution is 5.74. The van der Waals surface area contributed by atoms with Gasteiger partial charge in [-0.2, -0.15) is 5.26 Å². The predicted molar refractivity (Wildman–Crippen MR) is 91.4 cm³/mol. The zero-order valence-corrected chi connectivity index (χ0v) is 14.2. The standard InChI is InChI=1S/C19H25N3O2/c1-14(17-5-2-4-15(12-17)13-20)21-19(23)22-9-7-16(8-10-22)18-6-3-11-24-18/h2,4-5,12,14,16,18H,3,6-11H2,1H3,(H,21,23)/t14-,18-/m0/s1. The Labute approximate surface area is 143 Å². The van der Waals surface area contributed by atoms with Gasteiger partial charge in [-0.3, -0.25) is 0 Å². The van der Waals surface area contributed by atoms with Crippen LogP contribution in [0.25, 0.3) is 0 Å². The third kappa shape index (κ3) is 3.88. The third-order valence-electron chi connectivity index (χ3n) is 5.17.